The third kappa shape index (κ3) is 5.99. The lowest BCUT2D eigenvalue weighted by Gasteiger charge is -2.34. The van der Waals surface area contributed by atoms with Gasteiger partial charge in [-0.1, -0.05) is 0 Å². The maximum Gasteiger partial charge on any atom is 0.389 e. The van der Waals surface area contributed by atoms with Crippen molar-refractivity contribution in [2.24, 2.45) is 0 Å². The number of piperazine rings is 1. The Balaban J connectivity index is 0.00000220. The fourth-order valence-electron chi connectivity index (χ4n) is 2.56. The van der Waals surface area contributed by atoms with Gasteiger partial charge in [0.1, 0.15) is 11.5 Å². The van der Waals surface area contributed by atoms with Crippen molar-refractivity contribution in [3.63, 3.8) is 0 Å². The van der Waals surface area contributed by atoms with Gasteiger partial charge < -0.3 is 9.73 Å². The quantitative estimate of drug-likeness (QED) is 0.876. The Kier molecular flexibility index (Phi) is 8.83. The molecule has 1 N–H and O–H groups in total. The van der Waals surface area contributed by atoms with E-state index in [2.05, 4.69) is 10.2 Å². The molecule has 0 saturated carbocycles. The highest BCUT2D eigenvalue weighted by molar-refractivity contribution is 5.85. The highest BCUT2D eigenvalue weighted by Gasteiger charge is 2.32. The first-order valence-electron chi connectivity index (χ1n) is 6.95. The van der Waals surface area contributed by atoms with E-state index in [1.54, 1.807) is 0 Å². The van der Waals surface area contributed by atoms with Crippen LogP contribution in [0.4, 0.5) is 13.2 Å². The van der Waals surface area contributed by atoms with E-state index in [0.29, 0.717) is 5.76 Å². The van der Waals surface area contributed by atoms with Crippen molar-refractivity contribution in [3.8, 4) is 0 Å². The molecule has 2 heterocycles. The molecule has 0 unspecified atom stereocenters. The van der Waals surface area contributed by atoms with Crippen LogP contribution in [0.3, 0.4) is 0 Å². The van der Waals surface area contributed by atoms with E-state index in [-0.39, 0.29) is 37.3 Å². The fraction of sp³-hybridized carbons (Fsp3) is 0.714. The first-order chi connectivity index (χ1) is 9.37. The standard InChI is InChI=1S/C14H21F3N2O.2ClH/c1-10-9-13(20-11(10)2)12(3-4-14(15,16)17)19-7-5-18-6-8-19;;/h9,12,18H,3-8H2,1-2H3;2*1H/t12-;;/m0../s1. The molecule has 1 atom stereocenters. The van der Waals surface area contributed by atoms with E-state index in [0.717, 1.165) is 37.5 Å². The van der Waals surface area contributed by atoms with Crippen molar-refractivity contribution in [2.75, 3.05) is 26.2 Å². The third-order valence-corrected chi connectivity index (χ3v) is 3.81. The number of rotatable bonds is 4. The van der Waals surface area contributed by atoms with E-state index in [1.807, 2.05) is 19.9 Å². The van der Waals surface area contributed by atoms with Crippen LogP contribution in [-0.2, 0) is 0 Å². The molecule has 3 nitrogen and oxygen atoms in total. The molecule has 22 heavy (non-hydrogen) atoms. The van der Waals surface area contributed by atoms with Crippen LogP contribution >= 0.6 is 24.8 Å². The molecule has 0 radical (unpaired) electrons. The maximum absolute atomic E-state index is 12.5. The summed E-state index contributed by atoms with van der Waals surface area (Å²) in [5.41, 5.74) is 0.993. The molecule has 0 aromatic carbocycles. The number of furan rings is 1. The van der Waals surface area contributed by atoms with Crippen LogP contribution in [0.1, 0.15) is 36.0 Å². The van der Waals surface area contributed by atoms with E-state index in [4.69, 9.17) is 4.42 Å². The average molecular weight is 363 g/mol. The molecule has 0 spiro atoms. The summed E-state index contributed by atoms with van der Waals surface area (Å²) in [6.45, 7) is 6.88. The van der Waals surface area contributed by atoms with Crippen molar-refractivity contribution in [2.45, 2.75) is 38.9 Å². The third-order valence-electron chi connectivity index (χ3n) is 3.81. The Bertz CT molecular complexity index is 426. The monoisotopic (exact) mass is 362 g/mol. The molecule has 1 aromatic heterocycles. The molecule has 0 aliphatic carbocycles. The predicted octanol–water partition coefficient (Wildman–Crippen LogP) is 4.03. The lowest BCUT2D eigenvalue weighted by molar-refractivity contribution is -0.138. The molecule has 0 amide bonds. The van der Waals surface area contributed by atoms with Crippen molar-refractivity contribution in [3.05, 3.63) is 23.2 Å². The second-order valence-corrected chi connectivity index (χ2v) is 5.34. The minimum Gasteiger partial charge on any atom is -0.464 e. The molecule has 0 bridgehead atoms. The second-order valence-electron chi connectivity index (χ2n) is 5.34. The molecule has 8 heteroatoms. The first-order valence-corrected chi connectivity index (χ1v) is 6.95. The summed E-state index contributed by atoms with van der Waals surface area (Å²) in [5.74, 6) is 1.44. The van der Waals surface area contributed by atoms with Gasteiger partial charge >= 0.3 is 6.18 Å². The number of nitrogens with one attached hydrogen (secondary N) is 1. The average Bonchev–Trinajstić information content (AvgIpc) is 2.69. The number of hydrogen-bond donors (Lipinski definition) is 1. The van der Waals surface area contributed by atoms with Crippen LogP contribution in [0.15, 0.2) is 10.5 Å². The van der Waals surface area contributed by atoms with E-state index >= 15 is 0 Å². The normalized spacial score (nSPS) is 17.5. The molecular weight excluding hydrogens is 340 g/mol. The lowest BCUT2D eigenvalue weighted by atomic mass is 10.1. The summed E-state index contributed by atoms with van der Waals surface area (Å²) in [6.07, 6.45) is -4.85. The molecular formula is C14H23Cl2F3N2O. The second kappa shape index (κ2) is 9.01. The predicted molar refractivity (Wildman–Crippen MR) is 85.2 cm³/mol. The van der Waals surface area contributed by atoms with Crippen molar-refractivity contribution < 1.29 is 17.6 Å². The zero-order valence-electron chi connectivity index (χ0n) is 12.7. The SMILES string of the molecule is Cc1cc([C@H](CCC(F)(F)F)N2CCNCC2)oc1C.Cl.Cl. The van der Waals surface area contributed by atoms with E-state index < -0.39 is 12.6 Å². The number of hydrogen-bond acceptors (Lipinski definition) is 3. The molecule has 1 fully saturated rings. The van der Waals surface area contributed by atoms with Crippen LogP contribution in [0, 0.1) is 13.8 Å². The Hall–Kier alpha value is -0.430. The lowest BCUT2D eigenvalue weighted by Crippen LogP contribution is -2.45. The van der Waals surface area contributed by atoms with Gasteiger partial charge in [-0.2, -0.15) is 13.2 Å². The van der Waals surface area contributed by atoms with Gasteiger partial charge in [0.2, 0.25) is 0 Å². The van der Waals surface area contributed by atoms with Crippen LogP contribution in [-0.4, -0.2) is 37.3 Å². The van der Waals surface area contributed by atoms with Gasteiger partial charge in [0, 0.05) is 32.6 Å². The Morgan fingerprint density at radius 2 is 1.82 bits per heavy atom. The van der Waals surface area contributed by atoms with Crippen LogP contribution in [0.5, 0.6) is 0 Å². The van der Waals surface area contributed by atoms with Crippen molar-refractivity contribution >= 4 is 24.8 Å². The Labute approximate surface area is 141 Å². The number of halogens is 5. The molecule has 1 saturated heterocycles. The smallest absolute Gasteiger partial charge is 0.389 e. The topological polar surface area (TPSA) is 28.4 Å². The number of nitrogens with zero attached hydrogens (tertiary/aromatic N) is 1. The summed E-state index contributed by atoms with van der Waals surface area (Å²) in [6, 6.07) is 1.59. The summed E-state index contributed by atoms with van der Waals surface area (Å²) in [7, 11) is 0. The minimum absolute atomic E-state index is 0. The van der Waals surface area contributed by atoms with E-state index in [1.165, 1.54) is 0 Å². The molecule has 130 valence electrons. The summed E-state index contributed by atoms with van der Waals surface area (Å²) in [5, 5.41) is 3.22. The zero-order chi connectivity index (χ0) is 14.8. The van der Waals surface area contributed by atoms with Gasteiger partial charge in [0.05, 0.1) is 6.04 Å². The van der Waals surface area contributed by atoms with Gasteiger partial charge in [-0.25, -0.2) is 0 Å². The van der Waals surface area contributed by atoms with E-state index in [9.17, 15) is 13.2 Å². The van der Waals surface area contributed by atoms with Crippen LogP contribution < -0.4 is 5.32 Å². The maximum atomic E-state index is 12.5. The largest absolute Gasteiger partial charge is 0.464 e. The molecule has 2 rings (SSSR count). The fourth-order valence-corrected chi connectivity index (χ4v) is 2.56. The summed E-state index contributed by atoms with van der Waals surface area (Å²) in [4.78, 5) is 2.08. The van der Waals surface area contributed by atoms with Gasteiger partial charge in [-0.15, -0.1) is 24.8 Å². The van der Waals surface area contributed by atoms with Crippen molar-refractivity contribution in [1.29, 1.82) is 0 Å². The Morgan fingerprint density at radius 1 is 1.23 bits per heavy atom. The van der Waals surface area contributed by atoms with Crippen LogP contribution in [0.25, 0.3) is 0 Å². The highest BCUT2D eigenvalue weighted by atomic mass is 35.5. The van der Waals surface area contributed by atoms with Gasteiger partial charge in [-0.3, -0.25) is 4.90 Å². The van der Waals surface area contributed by atoms with Gasteiger partial charge in [-0.05, 0) is 31.9 Å². The Morgan fingerprint density at radius 3 is 2.27 bits per heavy atom. The summed E-state index contributed by atoms with van der Waals surface area (Å²) < 4.78 is 43.2. The van der Waals surface area contributed by atoms with Crippen LogP contribution in [0.2, 0.25) is 0 Å². The van der Waals surface area contributed by atoms with Crippen molar-refractivity contribution in [1.82, 2.24) is 10.2 Å². The first kappa shape index (κ1) is 21.6. The molecule has 1 aromatic rings. The van der Waals surface area contributed by atoms with Gasteiger partial charge in [0.15, 0.2) is 0 Å². The minimum atomic E-state index is -4.12. The number of alkyl halides is 3. The highest BCUT2D eigenvalue weighted by Crippen LogP contribution is 2.33. The zero-order valence-corrected chi connectivity index (χ0v) is 14.3. The molecule has 1 aliphatic heterocycles. The van der Waals surface area contributed by atoms with Gasteiger partial charge in [0.25, 0.3) is 0 Å². The molecule has 1 aliphatic rings. The summed E-state index contributed by atoms with van der Waals surface area (Å²) >= 11 is 0. The number of aryl methyl sites for hydroxylation is 2.